The number of carbonyl (C=O) groups excluding carboxylic acids is 1. The lowest BCUT2D eigenvalue weighted by Crippen LogP contribution is -2.44. The molecule has 5 rings (SSSR count). The molecule has 2 N–H and O–H groups in total. The van der Waals surface area contributed by atoms with E-state index < -0.39 is 5.91 Å². The van der Waals surface area contributed by atoms with Crippen molar-refractivity contribution in [3.8, 4) is 0 Å². The third kappa shape index (κ3) is 3.33. The molecule has 7 nitrogen and oxygen atoms in total. The fourth-order valence-corrected chi connectivity index (χ4v) is 3.89. The molecule has 2 aromatic carbocycles. The zero-order chi connectivity index (χ0) is 20.7. The highest BCUT2D eigenvalue weighted by Crippen LogP contribution is 2.27. The molecule has 0 radical (unpaired) electrons. The van der Waals surface area contributed by atoms with Crippen LogP contribution in [-0.4, -0.2) is 49.0 Å². The molecule has 30 heavy (non-hydrogen) atoms. The van der Waals surface area contributed by atoms with E-state index in [0.717, 1.165) is 42.8 Å². The molecule has 0 aliphatic carbocycles. The van der Waals surface area contributed by atoms with Crippen LogP contribution in [0.3, 0.4) is 0 Å². The summed E-state index contributed by atoms with van der Waals surface area (Å²) in [6.45, 7) is 3.55. The molecule has 0 bridgehead atoms. The lowest BCUT2D eigenvalue weighted by atomic mass is 10.1. The number of anilines is 2. The Hall–Kier alpha value is -3.58. The Labute approximate surface area is 172 Å². The minimum absolute atomic E-state index is 0.00300. The molecule has 3 heterocycles. The summed E-state index contributed by atoms with van der Waals surface area (Å²) >= 11 is 0. The van der Waals surface area contributed by atoms with Crippen molar-refractivity contribution in [2.45, 2.75) is 0 Å². The van der Waals surface area contributed by atoms with Crippen molar-refractivity contribution in [3.63, 3.8) is 0 Å². The molecule has 2 aromatic heterocycles. The first-order valence-electron chi connectivity index (χ1n) is 9.97. The van der Waals surface area contributed by atoms with Gasteiger partial charge in [0.15, 0.2) is 16.8 Å². The van der Waals surface area contributed by atoms with Gasteiger partial charge >= 0.3 is 0 Å². The number of aromatic nitrogens is 1. The number of amides is 1. The smallest absolute Gasteiger partial charge is 0.291 e. The highest BCUT2D eigenvalue weighted by atomic mass is 16.3. The van der Waals surface area contributed by atoms with Crippen LogP contribution < -0.4 is 15.6 Å². The summed E-state index contributed by atoms with van der Waals surface area (Å²) in [5, 5.41) is 4.31. The minimum atomic E-state index is -0.447. The molecule has 152 valence electrons. The van der Waals surface area contributed by atoms with Crippen LogP contribution in [0.2, 0.25) is 0 Å². The van der Waals surface area contributed by atoms with E-state index in [1.807, 2.05) is 42.6 Å². The van der Waals surface area contributed by atoms with Crippen molar-refractivity contribution in [3.05, 3.63) is 70.7 Å². The molecule has 0 saturated carbocycles. The van der Waals surface area contributed by atoms with Gasteiger partial charge in [0.2, 0.25) is 0 Å². The Morgan fingerprint density at radius 1 is 1.07 bits per heavy atom. The summed E-state index contributed by atoms with van der Waals surface area (Å²) in [4.78, 5) is 33.1. The number of hydrogen-bond donors (Lipinski definition) is 2. The molecule has 7 heteroatoms. The maximum absolute atomic E-state index is 12.8. The Balaban J connectivity index is 1.50. The first kappa shape index (κ1) is 18.4. The van der Waals surface area contributed by atoms with E-state index >= 15 is 0 Å². The number of H-pyrrole nitrogens is 1. The van der Waals surface area contributed by atoms with Gasteiger partial charge in [-0.3, -0.25) is 9.59 Å². The predicted octanol–water partition coefficient (Wildman–Crippen LogP) is 3.28. The number of rotatable bonds is 3. The van der Waals surface area contributed by atoms with E-state index in [9.17, 15) is 9.59 Å². The van der Waals surface area contributed by atoms with E-state index in [2.05, 4.69) is 27.1 Å². The second kappa shape index (κ2) is 7.35. The monoisotopic (exact) mass is 402 g/mol. The third-order valence-corrected chi connectivity index (χ3v) is 5.61. The molecular weight excluding hydrogens is 380 g/mol. The van der Waals surface area contributed by atoms with Gasteiger partial charge in [0.25, 0.3) is 5.91 Å². The zero-order valence-corrected chi connectivity index (χ0v) is 16.6. The van der Waals surface area contributed by atoms with Gasteiger partial charge in [-0.2, -0.15) is 0 Å². The number of nitrogens with one attached hydrogen (secondary N) is 2. The Kier molecular flexibility index (Phi) is 4.52. The number of nitrogens with zero attached hydrogens (tertiary/aromatic N) is 2. The van der Waals surface area contributed by atoms with Gasteiger partial charge in [-0.1, -0.05) is 6.07 Å². The summed E-state index contributed by atoms with van der Waals surface area (Å²) in [6.07, 6.45) is 1.85. The number of aromatic amines is 1. The van der Waals surface area contributed by atoms with Crippen molar-refractivity contribution >= 4 is 39.2 Å². The van der Waals surface area contributed by atoms with Crippen LogP contribution in [-0.2, 0) is 0 Å². The third-order valence-electron chi connectivity index (χ3n) is 5.61. The topological polar surface area (TPSA) is 81.6 Å². The SMILES string of the molecule is CN1CCN(c2cccc3c(=O)cc(C(=O)Nc4ccc5[nH]ccc5c4)oc23)CC1. The Morgan fingerprint density at radius 3 is 2.73 bits per heavy atom. The number of fused-ring (bicyclic) bond motifs is 2. The lowest BCUT2D eigenvalue weighted by molar-refractivity contribution is 0.0997. The van der Waals surface area contributed by atoms with Crippen molar-refractivity contribution in [1.82, 2.24) is 9.88 Å². The highest BCUT2D eigenvalue weighted by molar-refractivity contribution is 6.04. The number of hydrogen-bond acceptors (Lipinski definition) is 5. The van der Waals surface area contributed by atoms with Crippen molar-refractivity contribution in [2.75, 3.05) is 43.4 Å². The highest BCUT2D eigenvalue weighted by Gasteiger charge is 2.20. The number of likely N-dealkylation sites (N-methyl/N-ethyl adjacent to an activating group) is 1. The maximum atomic E-state index is 12.8. The normalized spacial score (nSPS) is 15.0. The molecule has 1 saturated heterocycles. The van der Waals surface area contributed by atoms with Gasteiger partial charge in [0.05, 0.1) is 11.1 Å². The summed E-state index contributed by atoms with van der Waals surface area (Å²) < 4.78 is 5.99. The van der Waals surface area contributed by atoms with Gasteiger partial charge in [0, 0.05) is 55.0 Å². The number of piperazine rings is 1. The average molecular weight is 402 g/mol. The zero-order valence-electron chi connectivity index (χ0n) is 16.6. The van der Waals surface area contributed by atoms with Gasteiger partial charge in [-0.15, -0.1) is 0 Å². The second-order valence-corrected chi connectivity index (χ2v) is 7.65. The molecule has 0 unspecified atom stereocenters. The van der Waals surface area contributed by atoms with Crippen LogP contribution in [0.5, 0.6) is 0 Å². The van der Waals surface area contributed by atoms with Crippen molar-refractivity contribution in [2.24, 2.45) is 0 Å². The van der Waals surface area contributed by atoms with Crippen LogP contribution >= 0.6 is 0 Å². The number of carbonyl (C=O) groups is 1. The van der Waals surface area contributed by atoms with Crippen LogP contribution in [0.1, 0.15) is 10.6 Å². The van der Waals surface area contributed by atoms with Crippen LogP contribution in [0.15, 0.2) is 63.9 Å². The van der Waals surface area contributed by atoms with Gasteiger partial charge in [0.1, 0.15) is 0 Å². The summed E-state index contributed by atoms with van der Waals surface area (Å²) in [5.41, 5.74) is 2.71. The quantitative estimate of drug-likeness (QED) is 0.550. The molecular formula is C23H22N4O3. The van der Waals surface area contributed by atoms with E-state index in [0.29, 0.717) is 16.7 Å². The Morgan fingerprint density at radius 2 is 1.90 bits per heavy atom. The molecule has 0 atom stereocenters. The lowest BCUT2D eigenvalue weighted by Gasteiger charge is -2.34. The molecule has 4 aromatic rings. The van der Waals surface area contributed by atoms with Crippen molar-refractivity contribution < 1.29 is 9.21 Å². The maximum Gasteiger partial charge on any atom is 0.291 e. The summed E-state index contributed by atoms with van der Waals surface area (Å²) in [7, 11) is 2.09. The van der Waals surface area contributed by atoms with Gasteiger partial charge in [-0.05, 0) is 43.4 Å². The minimum Gasteiger partial charge on any atom is -0.448 e. The summed E-state index contributed by atoms with van der Waals surface area (Å²) in [6, 6.07) is 14.3. The Bertz CT molecular complexity index is 1300. The van der Waals surface area contributed by atoms with E-state index in [1.165, 1.54) is 6.07 Å². The fraction of sp³-hybridized carbons (Fsp3) is 0.217. The van der Waals surface area contributed by atoms with E-state index in [-0.39, 0.29) is 11.2 Å². The largest absolute Gasteiger partial charge is 0.448 e. The molecule has 1 aliphatic heterocycles. The first-order valence-corrected chi connectivity index (χ1v) is 9.97. The standard InChI is InChI=1S/C23H22N4O3/c1-26-9-11-27(12-10-26)19-4-2-3-17-20(28)14-21(30-22(17)19)23(29)25-16-5-6-18-15(13-16)7-8-24-18/h2-8,13-14,24H,9-12H2,1H3,(H,25,29). The average Bonchev–Trinajstić information content (AvgIpc) is 3.22. The summed E-state index contributed by atoms with van der Waals surface area (Å²) in [5.74, 6) is -0.444. The van der Waals surface area contributed by atoms with Crippen LogP contribution in [0.4, 0.5) is 11.4 Å². The molecule has 1 fully saturated rings. The first-order chi connectivity index (χ1) is 14.6. The van der Waals surface area contributed by atoms with Gasteiger partial charge in [-0.25, -0.2) is 0 Å². The van der Waals surface area contributed by atoms with Crippen molar-refractivity contribution in [1.29, 1.82) is 0 Å². The molecule has 1 aliphatic rings. The molecule has 1 amide bonds. The molecule has 0 spiro atoms. The van der Waals surface area contributed by atoms with Crippen LogP contribution in [0.25, 0.3) is 21.9 Å². The predicted molar refractivity (Wildman–Crippen MR) is 118 cm³/mol. The van der Waals surface area contributed by atoms with Gasteiger partial charge < -0.3 is 24.5 Å². The van der Waals surface area contributed by atoms with E-state index in [4.69, 9.17) is 4.42 Å². The fourth-order valence-electron chi connectivity index (χ4n) is 3.89. The van der Waals surface area contributed by atoms with Crippen LogP contribution in [0, 0.1) is 0 Å². The second-order valence-electron chi connectivity index (χ2n) is 7.65. The van der Waals surface area contributed by atoms with E-state index in [1.54, 1.807) is 6.07 Å². The number of benzene rings is 2. The number of para-hydroxylation sites is 1.